The van der Waals surface area contributed by atoms with Crippen molar-refractivity contribution in [3.8, 4) is 0 Å². The lowest BCUT2D eigenvalue weighted by molar-refractivity contribution is 0.494. The van der Waals surface area contributed by atoms with E-state index in [-0.39, 0.29) is 11.9 Å². The van der Waals surface area contributed by atoms with Crippen LogP contribution in [0, 0.1) is 5.82 Å². The van der Waals surface area contributed by atoms with Crippen molar-refractivity contribution >= 4 is 0 Å². The van der Waals surface area contributed by atoms with Gasteiger partial charge in [0.1, 0.15) is 5.82 Å². The van der Waals surface area contributed by atoms with Crippen LogP contribution in [0.15, 0.2) is 36.5 Å². The molecule has 0 radical (unpaired) electrons. The lowest BCUT2D eigenvalue weighted by Gasteiger charge is -2.18. The molecule has 0 amide bonds. The van der Waals surface area contributed by atoms with Crippen molar-refractivity contribution in [1.82, 2.24) is 10.3 Å². The van der Waals surface area contributed by atoms with Gasteiger partial charge in [-0.3, -0.25) is 4.98 Å². The highest BCUT2D eigenvalue weighted by atomic mass is 19.1. The van der Waals surface area contributed by atoms with Crippen molar-refractivity contribution in [2.24, 2.45) is 0 Å². The van der Waals surface area contributed by atoms with E-state index in [1.807, 2.05) is 6.92 Å². The minimum Gasteiger partial charge on any atom is -0.309 e. The lowest BCUT2D eigenvalue weighted by Crippen LogP contribution is -2.25. The second kappa shape index (κ2) is 6.35. The molecule has 21 heavy (non-hydrogen) atoms. The molecule has 1 aromatic carbocycles. The van der Waals surface area contributed by atoms with Gasteiger partial charge in [0.15, 0.2) is 0 Å². The third-order valence-electron chi connectivity index (χ3n) is 4.17. The fraction of sp³-hybridized carbons (Fsp3) is 0.389. The van der Waals surface area contributed by atoms with Crippen molar-refractivity contribution in [3.05, 3.63) is 64.7 Å². The van der Waals surface area contributed by atoms with Gasteiger partial charge < -0.3 is 5.32 Å². The first-order valence-electron chi connectivity index (χ1n) is 7.72. The molecule has 1 aliphatic rings. The average molecular weight is 284 g/mol. The van der Waals surface area contributed by atoms with Crippen LogP contribution in [0.3, 0.4) is 0 Å². The molecule has 2 nitrogen and oxygen atoms in total. The monoisotopic (exact) mass is 284 g/mol. The molecule has 0 fully saturated rings. The van der Waals surface area contributed by atoms with Gasteiger partial charge in [0, 0.05) is 6.20 Å². The molecule has 0 saturated heterocycles. The van der Waals surface area contributed by atoms with E-state index in [1.165, 1.54) is 42.0 Å². The van der Waals surface area contributed by atoms with E-state index in [0.29, 0.717) is 5.69 Å². The normalized spacial score (nSPS) is 15.0. The molecular weight excluding hydrogens is 263 g/mol. The highest BCUT2D eigenvalue weighted by Crippen LogP contribution is 2.25. The molecule has 0 aliphatic heterocycles. The Kier molecular flexibility index (Phi) is 4.30. The molecule has 1 unspecified atom stereocenters. The molecule has 0 spiro atoms. The first-order chi connectivity index (χ1) is 10.3. The summed E-state index contributed by atoms with van der Waals surface area (Å²) < 4.78 is 14.0. The summed E-state index contributed by atoms with van der Waals surface area (Å²) in [6.45, 7) is 2.84. The Balaban J connectivity index is 1.84. The predicted molar refractivity (Wildman–Crippen MR) is 82.8 cm³/mol. The third-order valence-corrected chi connectivity index (χ3v) is 4.17. The zero-order valence-corrected chi connectivity index (χ0v) is 12.4. The van der Waals surface area contributed by atoms with Gasteiger partial charge >= 0.3 is 0 Å². The lowest BCUT2D eigenvalue weighted by atomic mass is 9.99. The predicted octanol–water partition coefficient (Wildman–Crippen LogP) is 3.60. The van der Waals surface area contributed by atoms with Crippen LogP contribution in [0.2, 0.25) is 0 Å². The van der Waals surface area contributed by atoms with E-state index >= 15 is 0 Å². The van der Waals surface area contributed by atoms with E-state index < -0.39 is 0 Å². The first-order valence-corrected chi connectivity index (χ1v) is 7.72. The maximum atomic E-state index is 14.0. The average Bonchev–Trinajstić information content (AvgIpc) is 2.95. The minimum absolute atomic E-state index is 0.0735. The number of aromatic nitrogens is 1. The second-order valence-electron chi connectivity index (χ2n) is 5.64. The maximum Gasteiger partial charge on any atom is 0.146 e. The number of halogens is 1. The molecule has 2 aromatic rings. The smallest absolute Gasteiger partial charge is 0.146 e. The summed E-state index contributed by atoms with van der Waals surface area (Å²) in [6, 6.07) is 9.74. The first kappa shape index (κ1) is 14.2. The summed E-state index contributed by atoms with van der Waals surface area (Å²) in [5.41, 5.74) is 4.71. The molecule has 1 aromatic heterocycles. The van der Waals surface area contributed by atoms with Gasteiger partial charge in [-0.05, 0) is 61.1 Å². The van der Waals surface area contributed by atoms with Crippen LogP contribution in [0.5, 0.6) is 0 Å². The van der Waals surface area contributed by atoms with Crippen molar-refractivity contribution in [1.29, 1.82) is 0 Å². The van der Waals surface area contributed by atoms with Gasteiger partial charge in [-0.2, -0.15) is 0 Å². The van der Waals surface area contributed by atoms with Crippen LogP contribution >= 0.6 is 0 Å². The Labute approximate surface area is 125 Å². The van der Waals surface area contributed by atoms with Crippen LogP contribution in [-0.2, 0) is 19.3 Å². The molecule has 1 aliphatic carbocycles. The van der Waals surface area contributed by atoms with Crippen molar-refractivity contribution in [3.63, 3.8) is 0 Å². The molecule has 1 atom stereocenters. The zero-order valence-electron chi connectivity index (χ0n) is 12.4. The highest BCUT2D eigenvalue weighted by Gasteiger charge is 2.18. The van der Waals surface area contributed by atoms with Crippen molar-refractivity contribution in [2.75, 3.05) is 6.54 Å². The number of pyridine rings is 1. The summed E-state index contributed by atoms with van der Waals surface area (Å²) in [7, 11) is 0. The maximum absolute atomic E-state index is 14.0. The number of hydrogen-bond donors (Lipinski definition) is 1. The topological polar surface area (TPSA) is 24.9 Å². The number of likely N-dealkylation sites (N-methyl/N-ethyl adjacent to an activating group) is 1. The fourth-order valence-corrected chi connectivity index (χ4v) is 3.15. The standard InChI is InChI=1S/C18H21FN2/c1-2-20-17(18-16(19)7-4-10-21-18)12-13-8-9-14-5-3-6-15(14)11-13/h4,7-11,17,20H,2-3,5-6,12H2,1H3. The van der Waals surface area contributed by atoms with Gasteiger partial charge in [0.25, 0.3) is 0 Å². The minimum atomic E-state index is -0.232. The summed E-state index contributed by atoms with van der Waals surface area (Å²) in [5.74, 6) is -0.232. The molecular formula is C18H21FN2. The molecule has 110 valence electrons. The van der Waals surface area contributed by atoms with Gasteiger partial charge in [-0.1, -0.05) is 25.1 Å². The number of aryl methyl sites for hydroxylation is 2. The van der Waals surface area contributed by atoms with Crippen LogP contribution in [0.25, 0.3) is 0 Å². The van der Waals surface area contributed by atoms with E-state index in [9.17, 15) is 4.39 Å². The van der Waals surface area contributed by atoms with Gasteiger partial charge in [0.2, 0.25) is 0 Å². The molecule has 0 bridgehead atoms. The van der Waals surface area contributed by atoms with E-state index in [0.717, 1.165) is 13.0 Å². The Morgan fingerprint density at radius 1 is 1.24 bits per heavy atom. The van der Waals surface area contributed by atoms with Gasteiger partial charge in [-0.15, -0.1) is 0 Å². The van der Waals surface area contributed by atoms with Crippen LogP contribution < -0.4 is 5.32 Å². The number of hydrogen-bond acceptors (Lipinski definition) is 2. The Morgan fingerprint density at radius 3 is 2.90 bits per heavy atom. The van der Waals surface area contributed by atoms with E-state index in [2.05, 4.69) is 28.5 Å². The second-order valence-corrected chi connectivity index (χ2v) is 5.64. The summed E-state index contributed by atoms with van der Waals surface area (Å²) in [6.07, 6.45) is 6.05. The van der Waals surface area contributed by atoms with E-state index in [1.54, 1.807) is 12.3 Å². The molecule has 3 heteroatoms. The van der Waals surface area contributed by atoms with Crippen LogP contribution in [-0.4, -0.2) is 11.5 Å². The van der Waals surface area contributed by atoms with Gasteiger partial charge in [-0.25, -0.2) is 4.39 Å². The third kappa shape index (κ3) is 3.13. The molecule has 3 rings (SSSR count). The number of nitrogens with zero attached hydrogens (tertiary/aromatic N) is 1. The number of nitrogens with one attached hydrogen (secondary N) is 1. The number of fused-ring (bicyclic) bond motifs is 1. The SMILES string of the molecule is CCNC(Cc1ccc2c(c1)CCC2)c1ncccc1F. The molecule has 1 heterocycles. The number of rotatable bonds is 5. The van der Waals surface area contributed by atoms with Crippen molar-refractivity contribution in [2.45, 2.75) is 38.6 Å². The van der Waals surface area contributed by atoms with Crippen LogP contribution in [0.4, 0.5) is 4.39 Å². The van der Waals surface area contributed by atoms with Crippen LogP contribution in [0.1, 0.15) is 41.8 Å². The molecule has 1 N–H and O–H groups in total. The largest absolute Gasteiger partial charge is 0.309 e. The summed E-state index contributed by atoms with van der Waals surface area (Å²) >= 11 is 0. The summed E-state index contributed by atoms with van der Waals surface area (Å²) in [4.78, 5) is 4.23. The quantitative estimate of drug-likeness (QED) is 0.907. The summed E-state index contributed by atoms with van der Waals surface area (Å²) in [5, 5.41) is 3.35. The van der Waals surface area contributed by atoms with Crippen molar-refractivity contribution < 1.29 is 4.39 Å². The fourth-order valence-electron chi connectivity index (χ4n) is 3.15. The van der Waals surface area contributed by atoms with Gasteiger partial charge in [0.05, 0.1) is 11.7 Å². The Morgan fingerprint density at radius 2 is 2.10 bits per heavy atom. The zero-order chi connectivity index (χ0) is 14.7. The highest BCUT2D eigenvalue weighted by molar-refractivity contribution is 5.36. The Bertz CT molecular complexity index is 624. The molecule has 0 saturated carbocycles. The van der Waals surface area contributed by atoms with E-state index in [4.69, 9.17) is 0 Å². The number of benzene rings is 1. The Hall–Kier alpha value is -1.74.